The van der Waals surface area contributed by atoms with Crippen LogP contribution in [0.5, 0.6) is 5.75 Å². The molecule has 2 heterocycles. The summed E-state index contributed by atoms with van der Waals surface area (Å²) in [5, 5.41) is 9.79. The van der Waals surface area contributed by atoms with Crippen molar-refractivity contribution in [3.63, 3.8) is 0 Å². The largest absolute Gasteiger partial charge is 0.496 e. The second kappa shape index (κ2) is 7.58. The van der Waals surface area contributed by atoms with Crippen molar-refractivity contribution < 1.29 is 4.74 Å². The average Bonchev–Trinajstić information content (AvgIpc) is 2.94. The number of methoxy groups -OCH3 is 1. The van der Waals surface area contributed by atoms with Crippen LogP contribution in [0.15, 0.2) is 30.5 Å². The molecule has 1 aromatic carbocycles. The Morgan fingerprint density at radius 3 is 2.39 bits per heavy atom. The van der Waals surface area contributed by atoms with Crippen molar-refractivity contribution in [3.8, 4) is 22.9 Å². The molecule has 0 aliphatic carbocycles. The molecule has 3 rings (SSSR count). The fourth-order valence-electron chi connectivity index (χ4n) is 3.69. The maximum atomic E-state index is 9.79. The fourth-order valence-corrected chi connectivity index (χ4v) is 3.69. The van der Waals surface area contributed by atoms with Crippen molar-refractivity contribution in [3.05, 3.63) is 75.7 Å². The highest BCUT2D eigenvalue weighted by molar-refractivity contribution is 5.76. The van der Waals surface area contributed by atoms with Crippen LogP contribution in [0.4, 0.5) is 5.69 Å². The van der Waals surface area contributed by atoms with E-state index in [-0.39, 0.29) is 0 Å². The number of rotatable bonds is 4. The Morgan fingerprint density at radius 1 is 1.14 bits per heavy atom. The Morgan fingerprint density at radius 2 is 1.82 bits per heavy atom. The third kappa shape index (κ3) is 3.12. The zero-order valence-corrected chi connectivity index (χ0v) is 16.8. The summed E-state index contributed by atoms with van der Waals surface area (Å²) in [7, 11) is 1.67. The standard InChI is InChI=1S/C23H22N4O/c1-14-12-26-21(15(2)23(14)28-6)13-27-16(3)20(11-24)22(17(27)4)18-7-9-19(25-5)10-8-18/h7-10,12H,13H2,1-4,6H3. The van der Waals surface area contributed by atoms with Gasteiger partial charge < -0.3 is 9.30 Å². The minimum atomic E-state index is 0.564. The molecule has 3 aromatic rings. The molecule has 0 saturated heterocycles. The van der Waals surface area contributed by atoms with Gasteiger partial charge in [-0.2, -0.15) is 5.26 Å². The molecule has 28 heavy (non-hydrogen) atoms. The van der Waals surface area contributed by atoms with Gasteiger partial charge in [0.05, 0.1) is 31.5 Å². The van der Waals surface area contributed by atoms with E-state index in [1.54, 1.807) is 19.2 Å². The summed E-state index contributed by atoms with van der Waals surface area (Å²) in [4.78, 5) is 8.05. The van der Waals surface area contributed by atoms with E-state index in [9.17, 15) is 5.26 Å². The molecule has 0 aliphatic heterocycles. The van der Waals surface area contributed by atoms with Crippen LogP contribution in [-0.2, 0) is 6.54 Å². The fraction of sp³-hybridized carbons (Fsp3) is 0.261. The first kappa shape index (κ1) is 19.2. The van der Waals surface area contributed by atoms with E-state index in [0.717, 1.165) is 45.1 Å². The molecular formula is C23H22N4O. The molecule has 0 N–H and O–H groups in total. The Hall–Kier alpha value is -3.57. The highest BCUT2D eigenvalue weighted by atomic mass is 16.5. The highest BCUT2D eigenvalue weighted by Crippen LogP contribution is 2.34. The molecular weight excluding hydrogens is 348 g/mol. The molecule has 0 fully saturated rings. The summed E-state index contributed by atoms with van der Waals surface area (Å²) in [6.07, 6.45) is 1.82. The van der Waals surface area contributed by atoms with E-state index in [0.29, 0.717) is 17.8 Å². The molecule has 0 amide bonds. The summed E-state index contributed by atoms with van der Waals surface area (Å²) in [6.45, 7) is 15.7. The van der Waals surface area contributed by atoms with Gasteiger partial charge in [0.15, 0.2) is 5.69 Å². The SMILES string of the molecule is [C-]#[N+]c1ccc(-c2c(C#N)c(C)n(Cc3ncc(C)c(OC)c3C)c2C)cc1. The van der Waals surface area contributed by atoms with E-state index < -0.39 is 0 Å². The van der Waals surface area contributed by atoms with Crippen LogP contribution in [-0.4, -0.2) is 16.7 Å². The van der Waals surface area contributed by atoms with Crippen LogP contribution < -0.4 is 4.74 Å². The summed E-state index contributed by atoms with van der Waals surface area (Å²) in [5.74, 6) is 0.850. The number of aromatic nitrogens is 2. The second-order valence-corrected chi connectivity index (χ2v) is 6.82. The van der Waals surface area contributed by atoms with E-state index in [2.05, 4.69) is 20.5 Å². The number of aryl methyl sites for hydroxylation is 1. The van der Waals surface area contributed by atoms with Gasteiger partial charge in [-0.25, -0.2) is 4.85 Å². The minimum absolute atomic E-state index is 0.564. The topological polar surface area (TPSA) is 55.2 Å². The summed E-state index contributed by atoms with van der Waals surface area (Å²) in [5.41, 5.74) is 7.94. The van der Waals surface area contributed by atoms with Crippen molar-refractivity contribution in [2.75, 3.05) is 7.11 Å². The van der Waals surface area contributed by atoms with Gasteiger partial charge in [-0.15, -0.1) is 0 Å². The van der Waals surface area contributed by atoms with Crippen LogP contribution >= 0.6 is 0 Å². The molecule has 2 aromatic heterocycles. The predicted octanol–water partition coefficient (Wildman–Crippen LogP) is 5.26. The lowest BCUT2D eigenvalue weighted by atomic mass is 10.0. The maximum Gasteiger partial charge on any atom is 0.187 e. The number of hydrogen-bond donors (Lipinski definition) is 0. The van der Waals surface area contributed by atoms with Gasteiger partial charge in [0.25, 0.3) is 0 Å². The Bertz CT molecular complexity index is 1130. The smallest absolute Gasteiger partial charge is 0.187 e. The molecule has 140 valence electrons. The quantitative estimate of drug-likeness (QED) is 0.588. The van der Waals surface area contributed by atoms with E-state index >= 15 is 0 Å². The van der Waals surface area contributed by atoms with Crippen molar-refractivity contribution >= 4 is 5.69 Å². The van der Waals surface area contributed by atoms with Crippen LogP contribution in [0.3, 0.4) is 0 Å². The third-order valence-electron chi connectivity index (χ3n) is 5.24. The zero-order chi connectivity index (χ0) is 20.4. The van der Waals surface area contributed by atoms with Crippen LogP contribution in [0, 0.1) is 45.6 Å². The molecule has 0 saturated carbocycles. The first-order valence-corrected chi connectivity index (χ1v) is 8.99. The first-order chi connectivity index (χ1) is 13.4. The average molecular weight is 370 g/mol. The molecule has 0 aliphatic rings. The van der Waals surface area contributed by atoms with Gasteiger partial charge >= 0.3 is 0 Å². The maximum absolute atomic E-state index is 9.79. The van der Waals surface area contributed by atoms with E-state index in [1.165, 1.54) is 0 Å². The van der Waals surface area contributed by atoms with Crippen molar-refractivity contribution in [2.24, 2.45) is 0 Å². The van der Waals surface area contributed by atoms with E-state index in [4.69, 9.17) is 11.3 Å². The molecule has 0 bridgehead atoms. The van der Waals surface area contributed by atoms with Gasteiger partial charge in [0.1, 0.15) is 11.8 Å². The first-order valence-electron chi connectivity index (χ1n) is 8.99. The monoisotopic (exact) mass is 370 g/mol. The molecule has 0 unspecified atom stereocenters. The van der Waals surface area contributed by atoms with Crippen LogP contribution in [0.2, 0.25) is 0 Å². The number of hydrogen-bond acceptors (Lipinski definition) is 3. The zero-order valence-electron chi connectivity index (χ0n) is 16.8. The Labute approximate surface area is 165 Å². The summed E-state index contributed by atoms with van der Waals surface area (Å²) >= 11 is 0. The lowest BCUT2D eigenvalue weighted by Crippen LogP contribution is -2.09. The number of pyridine rings is 1. The summed E-state index contributed by atoms with van der Waals surface area (Å²) in [6, 6.07) is 9.73. The highest BCUT2D eigenvalue weighted by Gasteiger charge is 2.20. The van der Waals surface area contributed by atoms with Crippen molar-refractivity contribution in [1.29, 1.82) is 5.26 Å². The summed E-state index contributed by atoms with van der Waals surface area (Å²) < 4.78 is 7.66. The normalized spacial score (nSPS) is 10.4. The second-order valence-electron chi connectivity index (χ2n) is 6.82. The van der Waals surface area contributed by atoms with Gasteiger partial charge in [-0.05, 0) is 33.3 Å². The third-order valence-corrected chi connectivity index (χ3v) is 5.24. The number of benzene rings is 1. The van der Waals surface area contributed by atoms with Gasteiger partial charge in [-0.1, -0.05) is 24.3 Å². The van der Waals surface area contributed by atoms with Crippen LogP contribution in [0.25, 0.3) is 16.0 Å². The number of ether oxygens (including phenoxy) is 1. The molecule has 5 heteroatoms. The van der Waals surface area contributed by atoms with Gasteiger partial charge in [0.2, 0.25) is 0 Å². The Kier molecular flexibility index (Phi) is 5.20. The number of nitriles is 1. The van der Waals surface area contributed by atoms with E-state index in [1.807, 2.05) is 46.0 Å². The molecule has 0 radical (unpaired) electrons. The molecule has 0 spiro atoms. The minimum Gasteiger partial charge on any atom is -0.496 e. The lowest BCUT2D eigenvalue weighted by molar-refractivity contribution is 0.406. The predicted molar refractivity (Wildman–Crippen MR) is 110 cm³/mol. The van der Waals surface area contributed by atoms with Crippen molar-refractivity contribution in [1.82, 2.24) is 9.55 Å². The number of nitrogens with zero attached hydrogens (tertiary/aromatic N) is 4. The molecule has 5 nitrogen and oxygen atoms in total. The van der Waals surface area contributed by atoms with Gasteiger partial charge in [-0.3, -0.25) is 4.98 Å². The van der Waals surface area contributed by atoms with Crippen molar-refractivity contribution in [2.45, 2.75) is 34.2 Å². The lowest BCUT2D eigenvalue weighted by Gasteiger charge is -2.15. The van der Waals surface area contributed by atoms with Gasteiger partial charge in [0, 0.05) is 34.3 Å². The van der Waals surface area contributed by atoms with Crippen LogP contribution in [0.1, 0.15) is 33.8 Å². The molecule has 0 atom stereocenters. The Balaban J connectivity index is 2.13.